The van der Waals surface area contributed by atoms with Gasteiger partial charge in [0.2, 0.25) is 0 Å². The quantitative estimate of drug-likeness (QED) is 0.187. The number of para-hydroxylation sites is 1. The minimum atomic E-state index is -0.418. The van der Waals surface area contributed by atoms with Gasteiger partial charge in [-0.05, 0) is 47.5 Å². The van der Waals surface area contributed by atoms with Crippen molar-refractivity contribution in [3.8, 4) is 51.0 Å². The Morgan fingerprint density at radius 2 is 1.14 bits per heavy atom. The summed E-state index contributed by atoms with van der Waals surface area (Å²) in [4.78, 5) is 14.9. The number of hydrogen-bond donors (Lipinski definition) is 0. The van der Waals surface area contributed by atoms with E-state index in [0.29, 0.717) is 34.2 Å². The molecule has 234 valence electrons. The normalized spacial score (nSPS) is 13.0. The first kappa shape index (κ1) is 23.5. The monoisotopic (exact) mass is 645 g/mol. The molecule has 5 nitrogen and oxygen atoms in total. The number of hydrogen-bond acceptors (Lipinski definition) is 4. The Labute approximate surface area is 294 Å². The third kappa shape index (κ3) is 4.60. The van der Waals surface area contributed by atoms with Crippen LogP contribution in [-0.4, -0.2) is 19.5 Å². The molecular formula is C45H28N4O. The van der Waals surface area contributed by atoms with Crippen molar-refractivity contribution in [2.24, 2.45) is 0 Å². The summed E-state index contributed by atoms with van der Waals surface area (Å²) in [5.74, 6) is 1.65. The maximum Gasteiger partial charge on any atom is 0.164 e. The molecule has 10 rings (SSSR count). The van der Waals surface area contributed by atoms with Gasteiger partial charge in [0.05, 0.1) is 17.9 Å². The van der Waals surface area contributed by atoms with Crippen LogP contribution in [0.4, 0.5) is 0 Å². The van der Waals surface area contributed by atoms with Gasteiger partial charge in [0.15, 0.2) is 17.5 Å². The zero-order chi connectivity index (χ0) is 37.4. The van der Waals surface area contributed by atoms with Gasteiger partial charge in [-0.1, -0.05) is 133 Å². The van der Waals surface area contributed by atoms with E-state index in [2.05, 4.69) is 22.8 Å². The third-order valence-electron chi connectivity index (χ3n) is 9.14. The molecule has 0 aliphatic rings. The summed E-state index contributed by atoms with van der Waals surface area (Å²) < 4.78 is 50.6. The predicted molar refractivity (Wildman–Crippen MR) is 203 cm³/mol. The van der Waals surface area contributed by atoms with Crippen LogP contribution in [0.1, 0.15) is 6.85 Å². The molecule has 0 aliphatic heterocycles. The molecule has 7 aromatic carbocycles. The number of fused-ring (bicyclic) bond motifs is 6. The van der Waals surface area contributed by atoms with Crippen LogP contribution in [0.3, 0.4) is 0 Å². The fraction of sp³-hybridized carbons (Fsp3) is 0. The number of rotatable bonds is 5. The summed E-state index contributed by atoms with van der Waals surface area (Å²) in [6, 6.07) is 43.9. The van der Waals surface area contributed by atoms with Gasteiger partial charge >= 0.3 is 0 Å². The van der Waals surface area contributed by atoms with Crippen molar-refractivity contribution in [1.29, 1.82) is 0 Å². The lowest BCUT2D eigenvalue weighted by Crippen LogP contribution is -2.00. The van der Waals surface area contributed by atoms with Crippen molar-refractivity contribution in [2.75, 3.05) is 0 Å². The molecule has 0 bridgehead atoms. The molecule has 0 saturated carbocycles. The Bertz CT molecular complexity index is 3070. The van der Waals surface area contributed by atoms with Crippen LogP contribution in [0.5, 0.6) is 0 Å². The van der Waals surface area contributed by atoms with E-state index in [4.69, 9.17) is 26.2 Å². The summed E-state index contributed by atoms with van der Waals surface area (Å²) in [5.41, 5.74) is 7.29. The highest BCUT2D eigenvalue weighted by Crippen LogP contribution is 2.40. The van der Waals surface area contributed by atoms with Crippen molar-refractivity contribution in [3.63, 3.8) is 0 Å². The molecule has 3 heterocycles. The maximum atomic E-state index is 8.67. The SMILES string of the molecule is [2H]c1c([2H])c([2H])c(-c2ccc3c4ccccc4n(-c4ccc5oc6cccc(-c7nc(-c8ccccc8)nc(-c8ccccc8)n7)c6c5c4)c3c2)c([2H])c1[2H]. The van der Waals surface area contributed by atoms with Crippen LogP contribution in [0.15, 0.2) is 174 Å². The number of aromatic nitrogens is 4. The predicted octanol–water partition coefficient (Wildman–Crippen LogP) is 11.5. The second-order valence-electron chi connectivity index (χ2n) is 12.1. The molecule has 0 unspecified atom stereocenters. The molecule has 3 aromatic heterocycles. The van der Waals surface area contributed by atoms with E-state index in [0.717, 1.165) is 55.0 Å². The molecule has 10 aromatic rings. The Kier molecular flexibility index (Phi) is 5.35. The second kappa shape index (κ2) is 11.4. The van der Waals surface area contributed by atoms with Crippen LogP contribution in [-0.2, 0) is 0 Å². The van der Waals surface area contributed by atoms with Crippen molar-refractivity contribution in [1.82, 2.24) is 19.5 Å². The first-order valence-electron chi connectivity index (χ1n) is 18.8. The molecule has 0 spiro atoms. The molecule has 0 saturated heterocycles. The zero-order valence-electron chi connectivity index (χ0n) is 31.5. The number of furan rings is 1. The van der Waals surface area contributed by atoms with Crippen molar-refractivity contribution in [3.05, 3.63) is 170 Å². The second-order valence-corrected chi connectivity index (χ2v) is 12.1. The summed E-state index contributed by atoms with van der Waals surface area (Å²) in [6.45, 7) is 0. The van der Waals surface area contributed by atoms with Crippen LogP contribution in [0.25, 0.3) is 94.7 Å². The summed E-state index contributed by atoms with van der Waals surface area (Å²) in [7, 11) is 0. The molecule has 0 radical (unpaired) electrons. The lowest BCUT2D eigenvalue weighted by atomic mass is 10.0. The number of nitrogens with zero attached hydrogens (tertiary/aromatic N) is 4. The fourth-order valence-corrected chi connectivity index (χ4v) is 6.87. The van der Waals surface area contributed by atoms with Gasteiger partial charge in [-0.3, -0.25) is 0 Å². The van der Waals surface area contributed by atoms with Gasteiger partial charge in [-0.25, -0.2) is 15.0 Å². The first-order valence-corrected chi connectivity index (χ1v) is 16.3. The van der Waals surface area contributed by atoms with Gasteiger partial charge in [0.25, 0.3) is 0 Å². The van der Waals surface area contributed by atoms with E-state index < -0.39 is 6.04 Å². The average molecular weight is 646 g/mol. The van der Waals surface area contributed by atoms with E-state index in [1.165, 1.54) is 0 Å². The topological polar surface area (TPSA) is 56.7 Å². The molecule has 50 heavy (non-hydrogen) atoms. The minimum Gasteiger partial charge on any atom is -0.456 e. The largest absolute Gasteiger partial charge is 0.456 e. The van der Waals surface area contributed by atoms with E-state index >= 15 is 0 Å². The highest BCUT2D eigenvalue weighted by Gasteiger charge is 2.20. The van der Waals surface area contributed by atoms with Crippen molar-refractivity contribution < 1.29 is 11.3 Å². The summed E-state index contributed by atoms with van der Waals surface area (Å²) >= 11 is 0. The van der Waals surface area contributed by atoms with Gasteiger partial charge in [-0.2, -0.15) is 0 Å². The maximum absolute atomic E-state index is 8.67. The van der Waals surface area contributed by atoms with Gasteiger partial charge in [0.1, 0.15) is 11.2 Å². The molecule has 0 N–H and O–H groups in total. The Morgan fingerprint density at radius 1 is 0.460 bits per heavy atom. The van der Waals surface area contributed by atoms with E-state index in [1.54, 1.807) is 0 Å². The molecular weight excluding hydrogens is 613 g/mol. The van der Waals surface area contributed by atoms with Crippen molar-refractivity contribution >= 4 is 43.7 Å². The van der Waals surface area contributed by atoms with Crippen LogP contribution in [0.2, 0.25) is 0 Å². The van der Waals surface area contributed by atoms with Crippen LogP contribution in [0, 0.1) is 0 Å². The average Bonchev–Trinajstić information content (AvgIpc) is 3.78. The van der Waals surface area contributed by atoms with Gasteiger partial charge < -0.3 is 8.98 Å². The smallest absolute Gasteiger partial charge is 0.164 e. The fourth-order valence-electron chi connectivity index (χ4n) is 6.87. The Hall–Kier alpha value is -6.85. The lowest BCUT2D eigenvalue weighted by Gasteiger charge is -2.10. The lowest BCUT2D eigenvalue weighted by molar-refractivity contribution is 0.669. The van der Waals surface area contributed by atoms with Gasteiger partial charge in [-0.15, -0.1) is 0 Å². The molecule has 5 heteroatoms. The summed E-state index contributed by atoms with van der Waals surface area (Å²) in [5, 5.41) is 3.73. The van der Waals surface area contributed by atoms with E-state index in [1.807, 2.05) is 121 Å². The first-order chi connectivity index (χ1) is 26.9. The van der Waals surface area contributed by atoms with Crippen LogP contribution >= 0.6 is 0 Å². The highest BCUT2D eigenvalue weighted by atomic mass is 16.3. The molecule has 0 fully saturated rings. The number of benzene rings is 7. The minimum absolute atomic E-state index is 0.160. The van der Waals surface area contributed by atoms with Gasteiger partial charge in [0, 0.05) is 43.9 Å². The third-order valence-corrected chi connectivity index (χ3v) is 9.14. The van der Waals surface area contributed by atoms with Crippen LogP contribution < -0.4 is 0 Å². The van der Waals surface area contributed by atoms with E-state index in [-0.39, 0.29) is 29.7 Å². The van der Waals surface area contributed by atoms with E-state index in [9.17, 15) is 0 Å². The molecule has 0 aliphatic carbocycles. The standard InChI is InChI=1S/C45H28N4O/c1-4-13-29(14-5-1)32-23-25-35-34-19-10-11-21-38(34)49(39(35)27-32)33-24-26-40-37(28-33)42-36(20-12-22-41(42)50-40)45-47-43(30-15-6-2-7-16-30)46-44(48-45)31-17-8-3-9-18-31/h1-28H/i1D,4D,5D,13D,14D. The summed E-state index contributed by atoms with van der Waals surface area (Å²) in [6.07, 6.45) is 0. The van der Waals surface area contributed by atoms with Crippen molar-refractivity contribution in [2.45, 2.75) is 0 Å². The molecule has 0 amide bonds. The zero-order valence-corrected chi connectivity index (χ0v) is 26.5. The Balaban J connectivity index is 1.21. The Morgan fingerprint density at radius 3 is 1.90 bits per heavy atom. The highest BCUT2D eigenvalue weighted by molar-refractivity contribution is 6.14. The molecule has 0 atom stereocenters.